The number of nitrogens with zero attached hydrogens (tertiary/aromatic N) is 6. The van der Waals surface area contributed by atoms with Crippen LogP contribution in [0.1, 0.15) is 53.7 Å². The summed E-state index contributed by atoms with van der Waals surface area (Å²) in [6.45, 7) is 5.56. The van der Waals surface area contributed by atoms with Crippen molar-refractivity contribution in [3.63, 3.8) is 0 Å². The van der Waals surface area contributed by atoms with E-state index in [1.807, 2.05) is 30.9 Å². The number of rotatable bonds is 4. The number of aryl methyl sites for hydroxylation is 2. The van der Waals surface area contributed by atoms with Gasteiger partial charge < -0.3 is 9.47 Å². The zero-order valence-electron chi connectivity index (χ0n) is 19.4. The number of benzene rings is 1. The molecule has 6 rings (SSSR count). The van der Waals surface area contributed by atoms with Gasteiger partial charge in [-0.25, -0.2) is 28.7 Å². The van der Waals surface area contributed by atoms with Crippen molar-refractivity contribution in [2.24, 2.45) is 0 Å². The highest BCUT2D eigenvalue weighted by Crippen LogP contribution is 2.38. The monoisotopic (exact) mass is 478 g/mol. The number of hydrogen-bond acceptors (Lipinski definition) is 7. The van der Waals surface area contributed by atoms with Crippen LogP contribution in [-0.2, 0) is 9.47 Å². The molecule has 0 amide bonds. The SMILES string of the molecule is Cc1nc2nc(C3CCOC(c4cnn(C5COC5)c4)C3)nc(-c3ccc(F)cc3F)c2nc1C. The quantitative estimate of drug-likeness (QED) is 0.430. The fourth-order valence-electron chi connectivity index (χ4n) is 4.54. The number of hydrogen-bond donors (Lipinski definition) is 0. The molecule has 3 aromatic heterocycles. The molecular formula is C25H24F2N6O2. The van der Waals surface area contributed by atoms with Crippen LogP contribution in [-0.4, -0.2) is 49.5 Å². The molecule has 5 heterocycles. The highest BCUT2D eigenvalue weighted by Gasteiger charge is 2.30. The minimum atomic E-state index is -0.701. The Kier molecular flexibility index (Phi) is 5.49. The average Bonchev–Trinajstić information content (AvgIpc) is 3.28. The van der Waals surface area contributed by atoms with Crippen LogP contribution in [0.2, 0.25) is 0 Å². The Morgan fingerprint density at radius 3 is 2.63 bits per heavy atom. The zero-order chi connectivity index (χ0) is 24.1. The normalized spacial score (nSPS) is 20.8. The van der Waals surface area contributed by atoms with E-state index in [0.29, 0.717) is 54.6 Å². The Balaban J connectivity index is 1.39. The molecule has 2 saturated heterocycles. The van der Waals surface area contributed by atoms with Crippen molar-refractivity contribution in [1.29, 1.82) is 0 Å². The van der Waals surface area contributed by atoms with E-state index in [4.69, 9.17) is 19.4 Å². The predicted octanol–water partition coefficient (Wildman–Crippen LogP) is 4.38. The summed E-state index contributed by atoms with van der Waals surface area (Å²) >= 11 is 0. The molecule has 1 aromatic carbocycles. The maximum absolute atomic E-state index is 14.8. The fraction of sp³-hybridized carbons (Fsp3) is 0.400. The lowest BCUT2D eigenvalue weighted by molar-refractivity contribution is -0.0290. The summed E-state index contributed by atoms with van der Waals surface area (Å²) in [6.07, 6.45) is 5.07. The van der Waals surface area contributed by atoms with E-state index in [-0.39, 0.29) is 23.6 Å². The molecule has 2 aliphatic rings. The molecule has 0 radical (unpaired) electrons. The molecule has 4 aromatic rings. The predicted molar refractivity (Wildman–Crippen MR) is 123 cm³/mol. The van der Waals surface area contributed by atoms with Gasteiger partial charge in [0.15, 0.2) is 5.65 Å². The first-order chi connectivity index (χ1) is 17.0. The van der Waals surface area contributed by atoms with Gasteiger partial charge in [-0.3, -0.25) is 4.68 Å². The highest BCUT2D eigenvalue weighted by molar-refractivity contribution is 5.87. The van der Waals surface area contributed by atoms with Crippen molar-refractivity contribution < 1.29 is 18.3 Å². The molecule has 0 aliphatic carbocycles. The van der Waals surface area contributed by atoms with Gasteiger partial charge in [-0.15, -0.1) is 0 Å². The second-order valence-electron chi connectivity index (χ2n) is 9.15. The van der Waals surface area contributed by atoms with E-state index in [1.54, 1.807) is 0 Å². The molecular weight excluding hydrogens is 454 g/mol. The van der Waals surface area contributed by atoms with Crippen LogP contribution in [0.4, 0.5) is 8.78 Å². The summed E-state index contributed by atoms with van der Waals surface area (Å²) in [6, 6.07) is 3.73. The van der Waals surface area contributed by atoms with Gasteiger partial charge in [0, 0.05) is 35.9 Å². The summed E-state index contributed by atoms with van der Waals surface area (Å²) < 4.78 is 41.7. The van der Waals surface area contributed by atoms with E-state index < -0.39 is 11.6 Å². The number of ether oxygens (including phenoxy) is 2. The third kappa shape index (κ3) is 4.06. The van der Waals surface area contributed by atoms with Gasteiger partial charge >= 0.3 is 0 Å². The van der Waals surface area contributed by atoms with Crippen LogP contribution >= 0.6 is 0 Å². The van der Waals surface area contributed by atoms with Crippen molar-refractivity contribution in [3.8, 4) is 11.3 Å². The molecule has 2 aliphatic heterocycles. The second-order valence-corrected chi connectivity index (χ2v) is 9.15. The summed E-state index contributed by atoms with van der Waals surface area (Å²) in [4.78, 5) is 18.7. The Morgan fingerprint density at radius 1 is 1.03 bits per heavy atom. The van der Waals surface area contributed by atoms with Crippen molar-refractivity contribution in [2.75, 3.05) is 19.8 Å². The Bertz CT molecular complexity index is 1420. The van der Waals surface area contributed by atoms with Gasteiger partial charge in [0.25, 0.3) is 0 Å². The van der Waals surface area contributed by atoms with Crippen molar-refractivity contribution in [3.05, 3.63) is 65.0 Å². The van der Waals surface area contributed by atoms with Gasteiger partial charge in [0.1, 0.15) is 28.7 Å². The summed E-state index contributed by atoms with van der Waals surface area (Å²) in [5.74, 6) is -0.821. The maximum Gasteiger partial charge on any atom is 0.182 e. The number of halogens is 2. The minimum absolute atomic E-state index is 0.0285. The Labute approximate surface area is 200 Å². The molecule has 2 fully saturated rings. The largest absolute Gasteiger partial charge is 0.377 e. The molecule has 180 valence electrons. The molecule has 35 heavy (non-hydrogen) atoms. The Hall–Kier alpha value is -3.37. The first kappa shape index (κ1) is 22.1. The minimum Gasteiger partial charge on any atom is -0.377 e. The number of aromatic nitrogens is 6. The molecule has 0 N–H and O–H groups in total. The second kappa shape index (κ2) is 8.69. The first-order valence-electron chi connectivity index (χ1n) is 11.7. The van der Waals surface area contributed by atoms with Crippen molar-refractivity contribution in [2.45, 2.75) is 44.8 Å². The lowest BCUT2D eigenvalue weighted by atomic mass is 9.92. The van der Waals surface area contributed by atoms with Crippen LogP contribution < -0.4 is 0 Å². The summed E-state index contributed by atoms with van der Waals surface area (Å²) in [5, 5.41) is 4.48. The molecule has 8 nitrogen and oxygen atoms in total. The maximum atomic E-state index is 14.8. The van der Waals surface area contributed by atoms with E-state index in [1.165, 1.54) is 12.1 Å². The molecule has 10 heteroatoms. The molecule has 0 spiro atoms. The summed E-state index contributed by atoms with van der Waals surface area (Å²) in [7, 11) is 0. The molecule has 2 atom stereocenters. The van der Waals surface area contributed by atoms with Crippen molar-refractivity contribution in [1.82, 2.24) is 29.7 Å². The molecule has 2 unspecified atom stereocenters. The standard InChI is InChI=1S/C25H24F2N6O2/c1-13-14(2)30-25-23(29-13)22(19-4-3-17(26)8-20(19)27)31-24(32-25)15-5-6-35-21(7-15)16-9-28-33(10-16)18-11-34-12-18/h3-4,8-10,15,18,21H,5-7,11-12H2,1-2H3. The van der Waals surface area contributed by atoms with Crippen LogP contribution in [0.15, 0.2) is 30.6 Å². The third-order valence-electron chi connectivity index (χ3n) is 6.78. The third-order valence-corrected chi connectivity index (χ3v) is 6.78. The highest BCUT2D eigenvalue weighted by atomic mass is 19.1. The zero-order valence-corrected chi connectivity index (χ0v) is 19.4. The van der Waals surface area contributed by atoms with Gasteiger partial charge in [-0.2, -0.15) is 5.10 Å². The van der Waals surface area contributed by atoms with E-state index in [0.717, 1.165) is 23.7 Å². The Morgan fingerprint density at radius 2 is 1.86 bits per heavy atom. The summed E-state index contributed by atoms with van der Waals surface area (Å²) in [5.41, 5.74) is 3.73. The van der Waals surface area contributed by atoms with Gasteiger partial charge in [0.2, 0.25) is 0 Å². The van der Waals surface area contributed by atoms with Crippen LogP contribution in [0.3, 0.4) is 0 Å². The lowest BCUT2D eigenvalue weighted by Gasteiger charge is -2.29. The van der Waals surface area contributed by atoms with Crippen LogP contribution in [0.25, 0.3) is 22.4 Å². The van der Waals surface area contributed by atoms with Crippen molar-refractivity contribution >= 4 is 11.2 Å². The van der Waals surface area contributed by atoms with Crippen LogP contribution in [0, 0.1) is 25.5 Å². The molecule has 0 bridgehead atoms. The van der Waals surface area contributed by atoms with E-state index in [9.17, 15) is 8.78 Å². The van der Waals surface area contributed by atoms with Crippen LogP contribution in [0.5, 0.6) is 0 Å². The lowest BCUT2D eigenvalue weighted by Crippen LogP contribution is -2.30. The van der Waals surface area contributed by atoms with E-state index >= 15 is 0 Å². The van der Waals surface area contributed by atoms with Gasteiger partial charge in [-0.1, -0.05) is 0 Å². The topological polar surface area (TPSA) is 87.8 Å². The average molecular weight is 479 g/mol. The van der Waals surface area contributed by atoms with E-state index in [2.05, 4.69) is 15.1 Å². The molecule has 0 saturated carbocycles. The van der Waals surface area contributed by atoms with Gasteiger partial charge in [-0.05, 0) is 38.8 Å². The number of fused-ring (bicyclic) bond motifs is 1. The smallest absolute Gasteiger partial charge is 0.182 e. The van der Waals surface area contributed by atoms with Gasteiger partial charge in [0.05, 0.1) is 42.9 Å². The first-order valence-corrected chi connectivity index (χ1v) is 11.7. The fourth-order valence-corrected chi connectivity index (χ4v) is 4.54.